The highest BCUT2D eigenvalue weighted by atomic mass is 19.2. The second-order valence-electron chi connectivity index (χ2n) is 5.42. The Morgan fingerprint density at radius 2 is 1.68 bits per heavy atom. The first-order chi connectivity index (χ1) is 8.91. The molecule has 0 saturated carbocycles. The first-order valence-corrected chi connectivity index (χ1v) is 6.70. The van der Waals surface area contributed by atoms with E-state index >= 15 is 0 Å². The molecule has 1 amide bonds. The minimum Gasteiger partial charge on any atom is -0.333 e. The van der Waals surface area contributed by atoms with E-state index in [2.05, 4.69) is 0 Å². The van der Waals surface area contributed by atoms with Crippen LogP contribution in [0.2, 0.25) is 0 Å². The van der Waals surface area contributed by atoms with Gasteiger partial charge in [-0.05, 0) is 57.7 Å². The molecule has 1 aromatic carbocycles. The first kappa shape index (κ1) is 14.0. The van der Waals surface area contributed by atoms with E-state index in [1.54, 1.807) is 11.8 Å². The van der Waals surface area contributed by atoms with Crippen molar-refractivity contribution < 1.29 is 13.6 Å². The van der Waals surface area contributed by atoms with E-state index in [0.717, 1.165) is 31.4 Å². The van der Waals surface area contributed by atoms with Gasteiger partial charge in [-0.15, -0.1) is 0 Å². The Morgan fingerprint density at radius 3 is 2.26 bits per heavy atom. The summed E-state index contributed by atoms with van der Waals surface area (Å²) in [6.07, 6.45) is 3.01. The number of likely N-dealkylation sites (tertiary alicyclic amines) is 1. The highest BCUT2D eigenvalue weighted by Crippen LogP contribution is 2.26. The van der Waals surface area contributed by atoms with Crippen LogP contribution in [-0.4, -0.2) is 22.9 Å². The van der Waals surface area contributed by atoms with E-state index in [1.165, 1.54) is 0 Å². The molecular formula is C15H19F2NO. The molecule has 1 aromatic rings. The third-order valence-corrected chi connectivity index (χ3v) is 3.93. The van der Waals surface area contributed by atoms with Crippen molar-refractivity contribution in [2.45, 2.75) is 52.1 Å². The summed E-state index contributed by atoms with van der Waals surface area (Å²) in [5.41, 5.74) is 0.744. The standard InChI is InChI=1S/C15H19F2NO/c1-9-7-13(16)14(17)8-12(9)15(19)18-10(2)5-4-6-11(18)3/h7-8,10-11H,4-6H2,1-3H3/t10-,11-/m1/s1. The number of carbonyl (C=O) groups is 1. The van der Waals surface area contributed by atoms with Gasteiger partial charge < -0.3 is 4.90 Å². The molecule has 0 unspecified atom stereocenters. The molecule has 0 aromatic heterocycles. The van der Waals surface area contributed by atoms with Gasteiger partial charge in [0.1, 0.15) is 0 Å². The van der Waals surface area contributed by atoms with Crippen LogP contribution in [0.5, 0.6) is 0 Å². The average molecular weight is 267 g/mol. The molecule has 1 aliphatic rings. The van der Waals surface area contributed by atoms with E-state index in [0.29, 0.717) is 5.56 Å². The lowest BCUT2D eigenvalue weighted by Gasteiger charge is -2.39. The molecule has 1 saturated heterocycles. The Hall–Kier alpha value is -1.45. The summed E-state index contributed by atoms with van der Waals surface area (Å²) < 4.78 is 26.5. The average Bonchev–Trinajstić information content (AvgIpc) is 2.33. The van der Waals surface area contributed by atoms with Crippen LogP contribution in [0.4, 0.5) is 8.78 Å². The Kier molecular flexibility index (Phi) is 3.88. The van der Waals surface area contributed by atoms with Crippen LogP contribution < -0.4 is 0 Å². The maximum absolute atomic E-state index is 13.3. The lowest BCUT2D eigenvalue weighted by atomic mass is 9.95. The van der Waals surface area contributed by atoms with E-state index in [1.807, 2.05) is 13.8 Å². The van der Waals surface area contributed by atoms with Crippen molar-refractivity contribution in [3.8, 4) is 0 Å². The number of rotatable bonds is 1. The summed E-state index contributed by atoms with van der Waals surface area (Å²) in [4.78, 5) is 14.3. The van der Waals surface area contributed by atoms with Crippen molar-refractivity contribution in [2.75, 3.05) is 0 Å². The molecule has 4 heteroatoms. The van der Waals surface area contributed by atoms with Crippen molar-refractivity contribution >= 4 is 5.91 Å². The summed E-state index contributed by atoms with van der Waals surface area (Å²) in [5.74, 6) is -2.07. The lowest BCUT2D eigenvalue weighted by molar-refractivity contribution is 0.0509. The number of carbonyl (C=O) groups excluding carboxylic acids is 1. The van der Waals surface area contributed by atoms with Gasteiger partial charge in [-0.25, -0.2) is 8.78 Å². The van der Waals surface area contributed by atoms with Crippen LogP contribution in [0.3, 0.4) is 0 Å². The summed E-state index contributed by atoms with van der Waals surface area (Å²) in [5, 5.41) is 0. The molecule has 2 atom stereocenters. The molecule has 104 valence electrons. The fourth-order valence-corrected chi connectivity index (χ4v) is 2.84. The number of aryl methyl sites for hydroxylation is 1. The number of hydrogen-bond donors (Lipinski definition) is 0. The summed E-state index contributed by atoms with van der Waals surface area (Å²) in [6, 6.07) is 2.38. The van der Waals surface area contributed by atoms with Crippen LogP contribution in [-0.2, 0) is 0 Å². The molecule has 0 aliphatic carbocycles. The van der Waals surface area contributed by atoms with E-state index in [9.17, 15) is 13.6 Å². The smallest absolute Gasteiger partial charge is 0.254 e. The van der Waals surface area contributed by atoms with Gasteiger partial charge >= 0.3 is 0 Å². The van der Waals surface area contributed by atoms with Crippen molar-refractivity contribution in [3.05, 3.63) is 34.9 Å². The first-order valence-electron chi connectivity index (χ1n) is 6.70. The fourth-order valence-electron chi connectivity index (χ4n) is 2.84. The molecule has 1 heterocycles. The quantitative estimate of drug-likeness (QED) is 0.760. The Morgan fingerprint density at radius 1 is 1.16 bits per heavy atom. The topological polar surface area (TPSA) is 20.3 Å². The van der Waals surface area contributed by atoms with Gasteiger partial charge in [0.25, 0.3) is 5.91 Å². The summed E-state index contributed by atoms with van der Waals surface area (Å²) in [6.45, 7) is 5.64. The van der Waals surface area contributed by atoms with Gasteiger partial charge in [0.2, 0.25) is 0 Å². The predicted molar refractivity (Wildman–Crippen MR) is 70.0 cm³/mol. The van der Waals surface area contributed by atoms with E-state index < -0.39 is 11.6 Å². The van der Waals surface area contributed by atoms with Crippen LogP contribution in [0, 0.1) is 18.6 Å². The van der Waals surface area contributed by atoms with Crippen molar-refractivity contribution in [1.82, 2.24) is 4.90 Å². The maximum Gasteiger partial charge on any atom is 0.254 e. The SMILES string of the molecule is Cc1cc(F)c(F)cc1C(=O)N1[C@H](C)CCC[C@H]1C. The predicted octanol–water partition coefficient (Wildman–Crippen LogP) is 3.68. The van der Waals surface area contributed by atoms with Gasteiger partial charge in [0, 0.05) is 17.6 Å². The third kappa shape index (κ3) is 2.62. The lowest BCUT2D eigenvalue weighted by Crippen LogP contribution is -2.47. The summed E-state index contributed by atoms with van der Waals surface area (Å²) in [7, 11) is 0. The molecule has 2 rings (SSSR count). The van der Waals surface area contributed by atoms with E-state index in [4.69, 9.17) is 0 Å². The van der Waals surface area contributed by atoms with E-state index in [-0.39, 0.29) is 23.6 Å². The molecule has 0 N–H and O–H groups in total. The molecule has 0 bridgehead atoms. The second kappa shape index (κ2) is 5.27. The highest BCUT2D eigenvalue weighted by Gasteiger charge is 2.30. The zero-order valence-electron chi connectivity index (χ0n) is 11.5. The number of piperidine rings is 1. The minimum atomic E-state index is -0.966. The normalized spacial score (nSPS) is 23.5. The Balaban J connectivity index is 2.35. The van der Waals surface area contributed by atoms with Gasteiger partial charge in [-0.2, -0.15) is 0 Å². The van der Waals surface area contributed by atoms with Crippen LogP contribution in [0.25, 0.3) is 0 Å². The van der Waals surface area contributed by atoms with Gasteiger partial charge in [-0.3, -0.25) is 4.79 Å². The number of benzene rings is 1. The van der Waals surface area contributed by atoms with Crippen molar-refractivity contribution in [2.24, 2.45) is 0 Å². The monoisotopic (exact) mass is 267 g/mol. The molecule has 0 radical (unpaired) electrons. The second-order valence-corrected chi connectivity index (χ2v) is 5.42. The van der Waals surface area contributed by atoms with Gasteiger partial charge in [-0.1, -0.05) is 0 Å². The molecule has 0 spiro atoms. The Labute approximate surface area is 112 Å². The maximum atomic E-state index is 13.3. The fraction of sp³-hybridized carbons (Fsp3) is 0.533. The minimum absolute atomic E-state index is 0.142. The van der Waals surface area contributed by atoms with Crippen LogP contribution in [0.1, 0.15) is 49.0 Å². The molecule has 1 fully saturated rings. The van der Waals surface area contributed by atoms with Crippen LogP contribution >= 0.6 is 0 Å². The molecule has 1 aliphatic heterocycles. The number of halogens is 2. The zero-order valence-corrected chi connectivity index (χ0v) is 11.5. The zero-order chi connectivity index (χ0) is 14.2. The van der Waals surface area contributed by atoms with Gasteiger partial charge in [0.05, 0.1) is 0 Å². The highest BCUT2D eigenvalue weighted by molar-refractivity contribution is 5.96. The third-order valence-electron chi connectivity index (χ3n) is 3.93. The van der Waals surface area contributed by atoms with Crippen molar-refractivity contribution in [3.63, 3.8) is 0 Å². The van der Waals surface area contributed by atoms with Crippen LogP contribution in [0.15, 0.2) is 12.1 Å². The number of amides is 1. The molecule has 2 nitrogen and oxygen atoms in total. The largest absolute Gasteiger partial charge is 0.333 e. The van der Waals surface area contributed by atoms with Crippen molar-refractivity contribution in [1.29, 1.82) is 0 Å². The number of nitrogens with zero attached hydrogens (tertiary/aromatic N) is 1. The van der Waals surface area contributed by atoms with Gasteiger partial charge in [0.15, 0.2) is 11.6 Å². The molecule has 19 heavy (non-hydrogen) atoms. The molecular weight excluding hydrogens is 248 g/mol. The number of hydrogen-bond acceptors (Lipinski definition) is 1. The summed E-state index contributed by atoms with van der Waals surface area (Å²) >= 11 is 0. The Bertz CT molecular complexity index is 491.